The van der Waals surface area contributed by atoms with Crippen molar-refractivity contribution in [2.24, 2.45) is 0 Å². The first-order valence-corrected chi connectivity index (χ1v) is 18.2. The van der Waals surface area contributed by atoms with Gasteiger partial charge in [-0.25, -0.2) is 4.57 Å². The third-order valence-corrected chi connectivity index (χ3v) is 8.75. The van der Waals surface area contributed by atoms with Crippen LogP contribution in [-0.2, 0) is 25.1 Å². The first-order chi connectivity index (χ1) is 19.9. The van der Waals surface area contributed by atoms with Crippen molar-refractivity contribution in [3.63, 3.8) is 0 Å². The van der Waals surface area contributed by atoms with Gasteiger partial charge in [0.05, 0.1) is 18.1 Å². The van der Waals surface area contributed by atoms with Gasteiger partial charge in [-0.1, -0.05) is 114 Å². The van der Waals surface area contributed by atoms with Gasteiger partial charge >= 0.3 is 7.82 Å². The molecule has 0 saturated heterocycles. The van der Waals surface area contributed by atoms with E-state index in [4.69, 9.17) is 18.5 Å². The van der Waals surface area contributed by atoms with E-state index in [1.807, 2.05) is 18.5 Å². The van der Waals surface area contributed by atoms with E-state index in [1.54, 1.807) is 29.5 Å². The van der Waals surface area contributed by atoms with Crippen molar-refractivity contribution in [2.75, 3.05) is 26.4 Å². The van der Waals surface area contributed by atoms with Crippen LogP contribution in [0.25, 0.3) is 0 Å². The van der Waals surface area contributed by atoms with Gasteiger partial charge in [0.15, 0.2) is 12.7 Å². The van der Waals surface area contributed by atoms with Gasteiger partial charge in [0.1, 0.15) is 11.9 Å². The van der Waals surface area contributed by atoms with E-state index in [0.717, 1.165) is 18.4 Å². The van der Waals surface area contributed by atoms with E-state index >= 15 is 0 Å². The minimum atomic E-state index is -4.31. The molecule has 9 heteroatoms. The van der Waals surface area contributed by atoms with Gasteiger partial charge in [-0.15, -0.1) is 0 Å². The zero-order chi connectivity index (χ0) is 29.6. The van der Waals surface area contributed by atoms with Crippen LogP contribution in [0.5, 0.6) is 5.75 Å². The molecule has 2 aromatic rings. The quantitative estimate of drug-likeness (QED) is 0.0650. The van der Waals surface area contributed by atoms with Gasteiger partial charge in [-0.05, 0) is 32.4 Å². The molecule has 1 heterocycles. The summed E-state index contributed by atoms with van der Waals surface area (Å²) >= 11 is 1.67. The molecule has 41 heavy (non-hydrogen) atoms. The molecule has 0 radical (unpaired) electrons. The summed E-state index contributed by atoms with van der Waals surface area (Å²) in [7, 11) is -4.31. The fraction of sp³-hybridized carbons (Fsp3) is 0.719. The summed E-state index contributed by atoms with van der Waals surface area (Å²) in [5.74, 6) is 0.294. The lowest BCUT2D eigenvalue weighted by atomic mass is 10.0. The average molecular weight is 613 g/mol. The van der Waals surface area contributed by atoms with Gasteiger partial charge in [-0.3, -0.25) is 9.42 Å². The number of phosphoric acid groups is 1. The first kappa shape index (κ1) is 35.9. The van der Waals surface area contributed by atoms with Crippen molar-refractivity contribution >= 4 is 19.2 Å². The molecule has 0 saturated carbocycles. The number of hydrogen-bond acceptors (Lipinski definition) is 6. The highest BCUT2D eigenvalue weighted by Gasteiger charge is 2.26. The van der Waals surface area contributed by atoms with Crippen LogP contribution in [0.3, 0.4) is 0 Å². The van der Waals surface area contributed by atoms with E-state index in [9.17, 15) is 9.46 Å². The first-order valence-electron chi connectivity index (χ1n) is 15.8. The number of benzene rings is 1. The molecule has 0 fully saturated rings. The highest BCUT2D eigenvalue weighted by Crippen LogP contribution is 2.44. The lowest BCUT2D eigenvalue weighted by Gasteiger charge is -2.19. The van der Waals surface area contributed by atoms with E-state index in [-0.39, 0.29) is 6.61 Å². The molecule has 2 atom stereocenters. The lowest BCUT2D eigenvalue weighted by molar-refractivity contribution is -0.683. The molecular weight excluding hydrogens is 557 g/mol. The number of ether oxygens (including phenoxy) is 2. The normalized spacial score (nSPS) is 13.8. The summed E-state index contributed by atoms with van der Waals surface area (Å²) in [6.07, 6.45) is 20.2. The standard InChI is InChI=1S/C32H54NO6PS/c1-4-6-7-8-9-10-11-12-13-14-15-16-17-18-22-36-26-32(37-5-2)27-38-40(34,35)39-31-21-19-20-30(23-31)25-33-24-29(3)41-28-33/h19-21,23-24,28,32H,4-18,22,25-27H2,1-3H3/p+1. The molecule has 1 aromatic heterocycles. The Morgan fingerprint density at radius 1 is 0.902 bits per heavy atom. The SMILES string of the molecule is CCCCCCCCCCCCCCCCOCC(COP(=O)(O)Oc1cccc(C[n+]2csc(C)c2)c1)OCC. The maximum Gasteiger partial charge on any atom is 0.527 e. The van der Waals surface area contributed by atoms with Crippen LogP contribution in [0.15, 0.2) is 36.0 Å². The fourth-order valence-corrected chi connectivity index (χ4v) is 6.19. The predicted molar refractivity (Wildman–Crippen MR) is 168 cm³/mol. The smallest absolute Gasteiger partial charge is 0.404 e. The van der Waals surface area contributed by atoms with E-state index in [2.05, 4.69) is 24.6 Å². The second kappa shape index (κ2) is 22.3. The molecule has 0 spiro atoms. The summed E-state index contributed by atoms with van der Waals surface area (Å²) in [4.78, 5) is 11.5. The van der Waals surface area contributed by atoms with Gasteiger partial charge < -0.3 is 14.0 Å². The molecule has 0 aliphatic carbocycles. The number of phosphoric ester groups is 1. The molecule has 234 valence electrons. The van der Waals surface area contributed by atoms with Crippen LogP contribution >= 0.6 is 19.2 Å². The molecule has 2 rings (SSSR count). The minimum Gasteiger partial charge on any atom is -0.404 e. The Balaban J connectivity index is 1.54. The predicted octanol–water partition coefficient (Wildman–Crippen LogP) is 8.79. The number of hydrogen-bond donors (Lipinski definition) is 1. The van der Waals surface area contributed by atoms with E-state index in [0.29, 0.717) is 32.1 Å². The van der Waals surface area contributed by atoms with Crippen molar-refractivity contribution in [2.45, 2.75) is 123 Å². The highest BCUT2D eigenvalue weighted by molar-refractivity contribution is 7.47. The molecule has 0 aliphatic heterocycles. The molecule has 0 amide bonds. The number of rotatable bonds is 26. The Kier molecular flexibility index (Phi) is 19.5. The number of aryl methyl sites for hydroxylation is 1. The van der Waals surface area contributed by atoms with Crippen molar-refractivity contribution in [1.29, 1.82) is 0 Å². The van der Waals surface area contributed by atoms with Gasteiger partial charge in [0, 0.05) is 18.8 Å². The fourth-order valence-electron chi connectivity index (χ4n) is 4.77. The molecule has 2 unspecified atom stereocenters. The van der Waals surface area contributed by atoms with Crippen molar-refractivity contribution in [1.82, 2.24) is 0 Å². The Bertz CT molecular complexity index is 971. The molecule has 1 aromatic carbocycles. The molecule has 0 aliphatic rings. The number of thiazole rings is 1. The van der Waals surface area contributed by atoms with Crippen molar-refractivity contribution < 1.29 is 32.5 Å². The second-order valence-electron chi connectivity index (χ2n) is 10.9. The maximum atomic E-state index is 12.6. The van der Waals surface area contributed by atoms with E-state index < -0.39 is 13.9 Å². The Hall–Kier alpha value is -1.28. The Labute approximate surface area is 253 Å². The molecule has 7 nitrogen and oxygen atoms in total. The summed E-state index contributed by atoms with van der Waals surface area (Å²) in [6.45, 7) is 8.23. The number of aromatic nitrogens is 1. The van der Waals surface area contributed by atoms with Crippen LogP contribution in [0.1, 0.15) is 114 Å². The topological polar surface area (TPSA) is 78.1 Å². The Morgan fingerprint density at radius 3 is 2.12 bits per heavy atom. The molecular formula is C32H55NO6PS+. The third kappa shape index (κ3) is 18.1. The minimum absolute atomic E-state index is 0.0793. The second-order valence-corrected chi connectivity index (χ2v) is 13.4. The average Bonchev–Trinajstić information content (AvgIpc) is 3.35. The summed E-state index contributed by atoms with van der Waals surface area (Å²) in [5.41, 5.74) is 3.01. The van der Waals surface area contributed by atoms with Gasteiger partial charge in [-0.2, -0.15) is 4.57 Å². The zero-order valence-electron chi connectivity index (χ0n) is 25.8. The van der Waals surface area contributed by atoms with Crippen LogP contribution < -0.4 is 9.09 Å². The van der Waals surface area contributed by atoms with Crippen LogP contribution in [0.4, 0.5) is 0 Å². The maximum absolute atomic E-state index is 12.6. The van der Waals surface area contributed by atoms with Gasteiger partial charge in [0.2, 0.25) is 5.51 Å². The summed E-state index contributed by atoms with van der Waals surface area (Å²) < 4.78 is 36.7. The lowest BCUT2D eigenvalue weighted by Crippen LogP contribution is -2.30. The van der Waals surface area contributed by atoms with E-state index in [1.165, 1.54) is 81.9 Å². The van der Waals surface area contributed by atoms with Crippen LogP contribution in [-0.4, -0.2) is 37.4 Å². The molecule has 0 bridgehead atoms. The number of nitrogens with zero attached hydrogens (tertiary/aromatic N) is 1. The third-order valence-electron chi connectivity index (χ3n) is 6.98. The zero-order valence-corrected chi connectivity index (χ0v) is 27.5. The van der Waals surface area contributed by atoms with Gasteiger partial charge in [0.25, 0.3) is 0 Å². The number of unbranched alkanes of at least 4 members (excludes halogenated alkanes) is 13. The summed E-state index contributed by atoms with van der Waals surface area (Å²) in [5, 5.41) is 0. The van der Waals surface area contributed by atoms with Crippen molar-refractivity contribution in [3.8, 4) is 5.75 Å². The van der Waals surface area contributed by atoms with Crippen LogP contribution in [0, 0.1) is 6.92 Å². The highest BCUT2D eigenvalue weighted by atomic mass is 32.1. The largest absolute Gasteiger partial charge is 0.527 e. The summed E-state index contributed by atoms with van der Waals surface area (Å²) in [6, 6.07) is 7.17. The van der Waals surface area contributed by atoms with Crippen LogP contribution in [0.2, 0.25) is 0 Å². The monoisotopic (exact) mass is 612 g/mol. The molecule has 1 N–H and O–H groups in total. The Morgan fingerprint density at radius 2 is 1.54 bits per heavy atom. The van der Waals surface area contributed by atoms with Crippen molar-refractivity contribution in [3.05, 3.63) is 46.4 Å².